The number of imidazole rings is 4. The van der Waals surface area contributed by atoms with Crippen molar-refractivity contribution in [3.63, 3.8) is 0 Å². The van der Waals surface area contributed by atoms with E-state index in [9.17, 15) is 0 Å². The lowest BCUT2D eigenvalue weighted by molar-refractivity contribution is -0.603. The van der Waals surface area contributed by atoms with Crippen LogP contribution >= 0.6 is 0 Å². The number of aryl methyl sites for hydroxylation is 9. The maximum absolute atomic E-state index is 6.43. The minimum atomic E-state index is 0.440. The summed E-state index contributed by atoms with van der Waals surface area (Å²) in [5.74, 6) is 5.34. The van der Waals surface area contributed by atoms with E-state index in [0.717, 1.165) is 94.6 Å². The molecule has 0 amide bonds. The molecule has 12 aromatic carbocycles. The van der Waals surface area contributed by atoms with Crippen LogP contribution in [0.4, 0.5) is 0 Å². The highest BCUT2D eigenvalue weighted by Gasteiger charge is 2.33. The lowest BCUT2D eigenvalue weighted by Crippen LogP contribution is -2.35. The molecule has 0 unspecified atom stereocenters. The summed E-state index contributed by atoms with van der Waals surface area (Å²) in [6.07, 6.45) is 11.3. The highest BCUT2D eigenvalue weighted by molar-refractivity contribution is 6.13. The molecule has 0 saturated heterocycles. The fourth-order valence-electron chi connectivity index (χ4n) is 19.0. The highest BCUT2D eigenvalue weighted by Crippen LogP contribution is 2.44. The molecule has 0 fully saturated rings. The van der Waals surface area contributed by atoms with Gasteiger partial charge >= 0.3 is 0 Å². The predicted octanol–water partition coefficient (Wildman–Crippen LogP) is 27.4. The molecule has 20 aromatic rings. The SMILES string of the molecule is Cc1ccc2c(oc3ccccc32)c1-c1c[n+](-c2c(C(C)C)cccc2C(C)C)c(C)n1C.Cc1ccc2c(oc3ccccc32)c1-c1c[n+](-c2c(C(C)C)cccc2C(C)C)cn1C.Cc1cccc(C)c1-[n+]1cc(-c2c(C)ccc3c2oc2ccccc23)n(C)c1C.Cc1cccc(C)c1-[n+]1cc(-c2c(C)ccc3c2oc2ccccc23)n(C)c1C. The first-order valence-electron chi connectivity index (χ1n) is 43.5. The third kappa shape index (κ3) is 14.2. The number of benzene rings is 12. The van der Waals surface area contributed by atoms with Gasteiger partial charge in [-0.05, 0) is 148 Å². The Morgan fingerprint density at radius 1 is 0.236 bits per heavy atom. The van der Waals surface area contributed by atoms with E-state index in [1.807, 2.05) is 42.5 Å². The molecule has 12 heteroatoms. The fraction of sp³-hybridized carbons (Fsp3) is 0.243. The van der Waals surface area contributed by atoms with Crippen molar-refractivity contribution >= 4 is 87.8 Å². The molecule has 0 radical (unpaired) electrons. The fourth-order valence-corrected chi connectivity index (χ4v) is 19.0. The molecule has 20 rings (SSSR count). The lowest BCUT2D eigenvalue weighted by atomic mass is 9.92. The number of fused-ring (bicyclic) bond motifs is 12. The second kappa shape index (κ2) is 32.6. The molecule has 0 aliphatic rings. The Morgan fingerprint density at radius 2 is 0.488 bits per heavy atom. The van der Waals surface area contributed by atoms with E-state index >= 15 is 0 Å². The van der Waals surface area contributed by atoms with Gasteiger partial charge in [-0.3, -0.25) is 0 Å². The average molecular weight is 1620 g/mol. The smallest absolute Gasteiger partial charge is 0.258 e. The first kappa shape index (κ1) is 82.0. The third-order valence-corrected chi connectivity index (χ3v) is 25.9. The summed E-state index contributed by atoms with van der Waals surface area (Å²) < 4.78 is 43.9. The summed E-state index contributed by atoms with van der Waals surface area (Å²) in [6.45, 7) is 42.1. The number of furan rings is 4. The van der Waals surface area contributed by atoms with Crippen molar-refractivity contribution in [1.29, 1.82) is 0 Å². The summed E-state index contributed by atoms with van der Waals surface area (Å²) in [5.41, 5.74) is 37.4. The zero-order chi connectivity index (χ0) is 86.6. The van der Waals surface area contributed by atoms with Crippen LogP contribution < -0.4 is 18.3 Å². The van der Waals surface area contributed by atoms with E-state index in [1.54, 1.807) is 0 Å². The molecule has 0 aliphatic carbocycles. The standard InChI is InChI=1S/C30H33N2O.C29H31N2O.2C26H25N2O/c1-18(2)22-12-10-13-23(19(3)4)29(22)32-17-26(31(7)21(32)6)28-20(5)15-16-25-24-11-8-9-14-27(24)33-30(25)28;1-18(2)21-11-9-12-22(19(3)4)28(21)31-16-25(30(6)17-31)27-20(5)14-15-24-23-10-7-8-13-26(23)32-29(24)27;2*1-16-13-14-21-20-11-6-7-12-23(20)29-26(21)24(16)22-15-28(19(4)27(22)5)25-17(2)9-8-10-18(25)3/h8-19H,1-7H3;7-19H,1-6H3;2*6-15H,1-5H3/q4*+1. The molecule has 0 bridgehead atoms. The summed E-state index contributed by atoms with van der Waals surface area (Å²) in [6, 6.07) is 77.1. The highest BCUT2D eigenvalue weighted by atomic mass is 16.3. The minimum absolute atomic E-state index is 0.440. The number of hydrogen-bond donors (Lipinski definition) is 0. The topological polar surface area (TPSA) is 87.8 Å². The van der Waals surface area contributed by atoms with Crippen LogP contribution in [0.15, 0.2) is 267 Å². The maximum atomic E-state index is 6.43. The van der Waals surface area contributed by atoms with Gasteiger partial charge in [0.1, 0.15) is 92.2 Å². The zero-order valence-corrected chi connectivity index (χ0v) is 75.7. The van der Waals surface area contributed by atoms with E-state index < -0.39 is 0 Å². The number of para-hydroxylation sites is 8. The van der Waals surface area contributed by atoms with Crippen LogP contribution in [-0.4, -0.2) is 18.3 Å². The predicted molar refractivity (Wildman–Crippen MR) is 507 cm³/mol. The van der Waals surface area contributed by atoms with E-state index in [1.165, 1.54) is 145 Å². The van der Waals surface area contributed by atoms with Crippen LogP contribution in [0.2, 0.25) is 0 Å². The van der Waals surface area contributed by atoms with Gasteiger partial charge in [-0.15, -0.1) is 0 Å². The van der Waals surface area contributed by atoms with E-state index in [-0.39, 0.29) is 0 Å². The van der Waals surface area contributed by atoms with E-state index in [4.69, 9.17) is 17.7 Å². The van der Waals surface area contributed by atoms with Gasteiger partial charge in [-0.1, -0.05) is 250 Å². The maximum Gasteiger partial charge on any atom is 0.258 e. The second-order valence-electron chi connectivity index (χ2n) is 35.2. The second-order valence-corrected chi connectivity index (χ2v) is 35.2. The van der Waals surface area contributed by atoms with Crippen LogP contribution in [0, 0.1) is 76.2 Å². The van der Waals surface area contributed by atoms with Crippen LogP contribution in [0.3, 0.4) is 0 Å². The molecule has 12 nitrogen and oxygen atoms in total. The lowest BCUT2D eigenvalue weighted by Gasteiger charge is -2.17. The Kier molecular flexibility index (Phi) is 21.7. The van der Waals surface area contributed by atoms with Gasteiger partial charge in [-0.2, -0.15) is 13.7 Å². The molecule has 0 aliphatic heterocycles. The van der Waals surface area contributed by atoms with Crippen molar-refractivity contribution in [2.45, 2.75) is 155 Å². The van der Waals surface area contributed by atoms with Crippen molar-refractivity contribution in [3.8, 4) is 67.8 Å². The van der Waals surface area contributed by atoms with Gasteiger partial charge in [0.25, 0.3) is 17.5 Å². The quantitative estimate of drug-likeness (QED) is 0.114. The molecule has 8 heterocycles. The number of rotatable bonds is 12. The molecular formula is C111H114N8O4+4. The van der Waals surface area contributed by atoms with Crippen molar-refractivity contribution in [2.24, 2.45) is 28.2 Å². The van der Waals surface area contributed by atoms with Crippen LogP contribution in [0.25, 0.3) is 156 Å². The number of aromatic nitrogens is 8. The van der Waals surface area contributed by atoms with Gasteiger partial charge in [-0.25, -0.2) is 22.8 Å². The Labute approximate surface area is 722 Å². The molecular weight excluding hydrogens is 1510 g/mol. The van der Waals surface area contributed by atoms with Gasteiger partial charge in [0.2, 0.25) is 6.33 Å². The van der Waals surface area contributed by atoms with E-state index in [0.29, 0.717) is 23.7 Å². The van der Waals surface area contributed by atoms with Crippen molar-refractivity contribution in [1.82, 2.24) is 18.3 Å². The first-order chi connectivity index (χ1) is 59.1. The van der Waals surface area contributed by atoms with E-state index in [2.05, 4.69) is 403 Å². The largest absolute Gasteiger partial charge is 0.455 e. The normalized spacial score (nSPS) is 11.8. The van der Waals surface area contributed by atoms with Crippen LogP contribution in [0.1, 0.15) is 163 Å². The monoisotopic (exact) mass is 1620 g/mol. The third-order valence-electron chi connectivity index (χ3n) is 25.9. The zero-order valence-electron chi connectivity index (χ0n) is 75.7. The first-order valence-corrected chi connectivity index (χ1v) is 43.5. The molecule has 0 saturated carbocycles. The van der Waals surface area contributed by atoms with Crippen molar-refractivity contribution in [2.75, 3.05) is 0 Å². The summed E-state index contributed by atoms with van der Waals surface area (Å²) >= 11 is 0. The van der Waals surface area contributed by atoms with Gasteiger partial charge in [0, 0.05) is 86.1 Å². The van der Waals surface area contributed by atoms with Crippen molar-refractivity contribution < 1.29 is 35.9 Å². The molecule has 8 aromatic heterocycles. The summed E-state index contributed by atoms with van der Waals surface area (Å²) in [7, 11) is 8.56. The van der Waals surface area contributed by atoms with Crippen molar-refractivity contribution in [3.05, 3.63) is 334 Å². The Balaban J connectivity index is 0.000000117. The molecule has 123 heavy (non-hydrogen) atoms. The summed E-state index contributed by atoms with van der Waals surface area (Å²) in [4.78, 5) is 0. The Bertz CT molecular complexity index is 7220. The molecule has 0 spiro atoms. The number of hydrogen-bond acceptors (Lipinski definition) is 4. The van der Waals surface area contributed by atoms with Crippen LogP contribution in [-0.2, 0) is 28.2 Å². The number of nitrogens with zero attached hydrogens (tertiary/aromatic N) is 8. The average Bonchev–Trinajstić information content (AvgIpc) is 1.60. The molecule has 0 N–H and O–H groups in total. The molecule has 618 valence electrons. The van der Waals surface area contributed by atoms with Gasteiger partial charge < -0.3 is 17.7 Å². The minimum Gasteiger partial charge on any atom is -0.455 e. The molecule has 0 atom stereocenters. The van der Waals surface area contributed by atoms with Gasteiger partial charge in [0.05, 0.1) is 50.4 Å². The van der Waals surface area contributed by atoms with Crippen LogP contribution in [0.5, 0.6) is 0 Å². The Morgan fingerprint density at radius 3 is 0.772 bits per heavy atom. The summed E-state index contributed by atoms with van der Waals surface area (Å²) in [5, 5.41) is 9.33. The van der Waals surface area contributed by atoms with Gasteiger partial charge in [0.15, 0.2) is 22.8 Å². The Hall–Kier alpha value is -13.3.